The van der Waals surface area contributed by atoms with Crippen LogP contribution in [0.2, 0.25) is 0 Å². The van der Waals surface area contributed by atoms with Gasteiger partial charge >= 0.3 is 0 Å². The number of amides is 1. The second kappa shape index (κ2) is 7.53. The molecule has 2 N–H and O–H groups in total. The summed E-state index contributed by atoms with van der Waals surface area (Å²) in [5, 5.41) is 2.98. The lowest BCUT2D eigenvalue weighted by Gasteiger charge is -2.29. The SMILES string of the molecule is CS(=O)(=O)N1CCC(C(=O)NCC[NH+]2CCOCC2)CC1. The first-order chi connectivity index (χ1) is 9.97. The van der Waals surface area contributed by atoms with E-state index < -0.39 is 10.0 Å². The maximum absolute atomic E-state index is 12.1. The summed E-state index contributed by atoms with van der Waals surface area (Å²) in [5.41, 5.74) is 0. The Morgan fingerprint density at radius 2 is 1.90 bits per heavy atom. The van der Waals surface area contributed by atoms with E-state index in [1.54, 1.807) is 0 Å². The molecule has 0 unspecified atom stereocenters. The second-order valence-electron chi connectivity index (χ2n) is 5.84. The molecule has 2 aliphatic heterocycles. The Kier molecular flexibility index (Phi) is 5.98. The van der Waals surface area contributed by atoms with Crippen LogP contribution in [0.25, 0.3) is 0 Å². The fourth-order valence-electron chi connectivity index (χ4n) is 2.87. The van der Waals surface area contributed by atoms with E-state index in [0.29, 0.717) is 32.5 Å². The summed E-state index contributed by atoms with van der Waals surface area (Å²) in [6.45, 7) is 6.11. The highest BCUT2D eigenvalue weighted by Crippen LogP contribution is 2.18. The molecule has 122 valence electrons. The molecule has 0 saturated carbocycles. The lowest BCUT2D eigenvalue weighted by molar-refractivity contribution is -0.906. The summed E-state index contributed by atoms with van der Waals surface area (Å²) < 4.78 is 29.6. The van der Waals surface area contributed by atoms with Gasteiger partial charge in [0.1, 0.15) is 13.1 Å². The van der Waals surface area contributed by atoms with E-state index in [1.807, 2.05) is 0 Å². The molecule has 2 heterocycles. The minimum atomic E-state index is -3.12. The van der Waals surface area contributed by atoms with E-state index in [1.165, 1.54) is 15.5 Å². The van der Waals surface area contributed by atoms with Crippen LogP contribution in [0.5, 0.6) is 0 Å². The molecule has 0 aliphatic carbocycles. The van der Waals surface area contributed by atoms with Crippen molar-refractivity contribution >= 4 is 15.9 Å². The van der Waals surface area contributed by atoms with Gasteiger partial charge in [0.2, 0.25) is 15.9 Å². The van der Waals surface area contributed by atoms with Gasteiger partial charge in [-0.3, -0.25) is 4.79 Å². The van der Waals surface area contributed by atoms with Crippen LogP contribution in [0.15, 0.2) is 0 Å². The topological polar surface area (TPSA) is 80.2 Å². The van der Waals surface area contributed by atoms with Crippen molar-refractivity contribution < 1.29 is 22.8 Å². The van der Waals surface area contributed by atoms with Crippen molar-refractivity contribution in [2.24, 2.45) is 5.92 Å². The molecular formula is C13H26N3O4S+. The molecule has 0 spiro atoms. The van der Waals surface area contributed by atoms with Gasteiger partial charge < -0.3 is 15.0 Å². The van der Waals surface area contributed by atoms with E-state index in [-0.39, 0.29) is 11.8 Å². The monoisotopic (exact) mass is 320 g/mol. The van der Waals surface area contributed by atoms with Crippen LogP contribution in [-0.4, -0.2) is 77.4 Å². The molecule has 0 radical (unpaired) electrons. The molecule has 0 aromatic rings. The quantitative estimate of drug-likeness (QED) is 0.596. The van der Waals surface area contributed by atoms with Gasteiger partial charge in [0.05, 0.1) is 32.6 Å². The van der Waals surface area contributed by atoms with Crippen molar-refractivity contribution in [2.75, 3.05) is 58.7 Å². The van der Waals surface area contributed by atoms with Crippen LogP contribution in [0.1, 0.15) is 12.8 Å². The van der Waals surface area contributed by atoms with Gasteiger partial charge in [0.25, 0.3) is 0 Å². The molecular weight excluding hydrogens is 294 g/mol. The number of nitrogens with one attached hydrogen (secondary N) is 2. The molecule has 7 nitrogen and oxygen atoms in total. The van der Waals surface area contributed by atoms with Crippen molar-refractivity contribution in [3.63, 3.8) is 0 Å². The number of rotatable bonds is 5. The van der Waals surface area contributed by atoms with Crippen LogP contribution < -0.4 is 10.2 Å². The highest BCUT2D eigenvalue weighted by molar-refractivity contribution is 7.88. The predicted octanol–water partition coefficient (Wildman–Crippen LogP) is -2.31. The highest BCUT2D eigenvalue weighted by atomic mass is 32.2. The molecule has 0 atom stereocenters. The lowest BCUT2D eigenvalue weighted by atomic mass is 9.97. The molecule has 0 bridgehead atoms. The van der Waals surface area contributed by atoms with Crippen molar-refractivity contribution in [3.8, 4) is 0 Å². The Hall–Kier alpha value is -0.700. The number of ether oxygens (including phenoxy) is 1. The fraction of sp³-hybridized carbons (Fsp3) is 0.923. The van der Waals surface area contributed by atoms with Gasteiger partial charge in [-0.2, -0.15) is 0 Å². The number of hydrogen-bond donors (Lipinski definition) is 2. The minimum Gasteiger partial charge on any atom is -0.370 e. The number of piperidine rings is 1. The summed E-state index contributed by atoms with van der Waals surface area (Å²) in [7, 11) is -3.12. The van der Waals surface area contributed by atoms with Gasteiger partial charge in [0.15, 0.2) is 0 Å². The summed E-state index contributed by atoms with van der Waals surface area (Å²) >= 11 is 0. The van der Waals surface area contributed by atoms with Gasteiger partial charge in [0, 0.05) is 19.0 Å². The number of quaternary nitrogens is 1. The van der Waals surface area contributed by atoms with Crippen LogP contribution in [0, 0.1) is 5.92 Å². The average molecular weight is 320 g/mol. The third-order valence-corrected chi connectivity index (χ3v) is 5.57. The summed E-state index contributed by atoms with van der Waals surface area (Å²) in [5.74, 6) is 0.0125. The number of carbonyl (C=O) groups is 1. The maximum Gasteiger partial charge on any atom is 0.223 e. The Morgan fingerprint density at radius 1 is 1.29 bits per heavy atom. The Balaban J connectivity index is 1.65. The molecule has 2 fully saturated rings. The van der Waals surface area contributed by atoms with Crippen LogP contribution in [0.4, 0.5) is 0 Å². The van der Waals surface area contributed by atoms with Crippen molar-refractivity contribution in [1.82, 2.24) is 9.62 Å². The molecule has 0 aromatic heterocycles. The Morgan fingerprint density at radius 3 is 2.48 bits per heavy atom. The Labute approximate surface area is 126 Å². The van der Waals surface area contributed by atoms with E-state index in [9.17, 15) is 13.2 Å². The first-order valence-electron chi connectivity index (χ1n) is 7.61. The van der Waals surface area contributed by atoms with Crippen molar-refractivity contribution in [3.05, 3.63) is 0 Å². The van der Waals surface area contributed by atoms with Crippen LogP contribution >= 0.6 is 0 Å². The van der Waals surface area contributed by atoms with E-state index >= 15 is 0 Å². The standard InChI is InChI=1S/C13H25N3O4S/c1-21(18,19)16-5-2-12(3-6-16)13(17)14-4-7-15-8-10-20-11-9-15/h12H,2-11H2,1H3,(H,14,17)/p+1. The first kappa shape index (κ1) is 16.7. The highest BCUT2D eigenvalue weighted by Gasteiger charge is 2.28. The fourth-order valence-corrected chi connectivity index (χ4v) is 3.74. The summed E-state index contributed by atoms with van der Waals surface area (Å²) in [6.07, 6.45) is 2.45. The number of sulfonamides is 1. The van der Waals surface area contributed by atoms with Gasteiger partial charge in [-0.25, -0.2) is 12.7 Å². The second-order valence-corrected chi connectivity index (χ2v) is 7.82. The van der Waals surface area contributed by atoms with Crippen molar-refractivity contribution in [1.29, 1.82) is 0 Å². The van der Waals surface area contributed by atoms with Crippen molar-refractivity contribution in [2.45, 2.75) is 12.8 Å². The lowest BCUT2D eigenvalue weighted by Crippen LogP contribution is -3.14. The number of nitrogens with zero attached hydrogens (tertiary/aromatic N) is 1. The third-order valence-electron chi connectivity index (χ3n) is 4.27. The average Bonchev–Trinajstić information content (AvgIpc) is 2.47. The number of hydrogen-bond acceptors (Lipinski definition) is 4. The molecule has 1 amide bonds. The molecule has 21 heavy (non-hydrogen) atoms. The van der Waals surface area contributed by atoms with E-state index in [4.69, 9.17) is 4.74 Å². The normalized spacial score (nSPS) is 23.1. The first-order valence-corrected chi connectivity index (χ1v) is 9.46. The smallest absolute Gasteiger partial charge is 0.223 e. The van der Waals surface area contributed by atoms with Crippen LogP contribution in [-0.2, 0) is 19.6 Å². The Bertz CT molecular complexity index is 440. The molecule has 0 aromatic carbocycles. The predicted molar refractivity (Wildman–Crippen MR) is 78.5 cm³/mol. The zero-order valence-electron chi connectivity index (χ0n) is 12.6. The van der Waals surface area contributed by atoms with Gasteiger partial charge in [-0.05, 0) is 12.8 Å². The van der Waals surface area contributed by atoms with E-state index in [2.05, 4.69) is 5.32 Å². The molecule has 2 saturated heterocycles. The van der Waals surface area contributed by atoms with E-state index in [0.717, 1.165) is 32.8 Å². The summed E-state index contributed by atoms with van der Waals surface area (Å²) in [4.78, 5) is 13.5. The maximum atomic E-state index is 12.1. The minimum absolute atomic E-state index is 0.0531. The number of carbonyl (C=O) groups excluding carboxylic acids is 1. The van der Waals surface area contributed by atoms with Crippen LogP contribution in [0.3, 0.4) is 0 Å². The largest absolute Gasteiger partial charge is 0.370 e. The third kappa shape index (κ3) is 5.21. The van der Waals surface area contributed by atoms with Gasteiger partial charge in [-0.15, -0.1) is 0 Å². The summed E-state index contributed by atoms with van der Waals surface area (Å²) in [6, 6.07) is 0. The zero-order valence-corrected chi connectivity index (χ0v) is 13.5. The molecule has 2 rings (SSSR count). The zero-order chi connectivity index (χ0) is 15.3. The van der Waals surface area contributed by atoms with Gasteiger partial charge in [-0.1, -0.05) is 0 Å². The molecule has 8 heteroatoms. The molecule has 2 aliphatic rings. The number of morpholine rings is 1.